The lowest BCUT2D eigenvalue weighted by atomic mass is 9.87. The molecule has 1 amide bonds. The zero-order valence-electron chi connectivity index (χ0n) is 12.5. The minimum absolute atomic E-state index is 0.0200. The quantitative estimate of drug-likeness (QED) is 0.342. The average Bonchev–Trinajstić information content (AvgIpc) is 2.33. The van der Waals surface area contributed by atoms with Gasteiger partial charge in [0.25, 0.3) is 0 Å². The monoisotopic (exact) mass is 295 g/mol. The molecule has 2 atom stereocenters. The van der Waals surface area contributed by atoms with E-state index in [4.69, 9.17) is 11.5 Å². The van der Waals surface area contributed by atoms with Crippen LogP contribution in [-0.4, -0.2) is 53.8 Å². The van der Waals surface area contributed by atoms with Gasteiger partial charge in [-0.25, -0.2) is 0 Å². The van der Waals surface area contributed by atoms with Crippen LogP contribution in [0.2, 0.25) is 0 Å². The number of Topliss-reactive ketones (excluding diaryl/α,β-unsaturated/α-hetero) is 1. The van der Waals surface area contributed by atoms with Crippen molar-refractivity contribution in [3.63, 3.8) is 0 Å². The Hall–Kier alpha value is -1.63. The fourth-order valence-corrected chi connectivity index (χ4v) is 2.94. The Morgan fingerprint density at radius 1 is 1.43 bits per heavy atom. The summed E-state index contributed by atoms with van der Waals surface area (Å²) in [5.41, 5.74) is 10.6. The largest absolute Gasteiger partial charge is 0.370 e. The number of ketones is 1. The first-order valence-electron chi connectivity index (χ1n) is 7.61. The molecule has 0 unspecified atom stereocenters. The molecule has 2 fully saturated rings. The van der Waals surface area contributed by atoms with Crippen LogP contribution in [0.15, 0.2) is 4.99 Å². The zero-order chi connectivity index (χ0) is 15.4. The molecule has 118 valence electrons. The van der Waals surface area contributed by atoms with Crippen molar-refractivity contribution in [2.45, 2.75) is 57.2 Å². The van der Waals surface area contributed by atoms with Gasteiger partial charge in [-0.2, -0.15) is 0 Å². The van der Waals surface area contributed by atoms with Gasteiger partial charge in [0, 0.05) is 19.1 Å². The zero-order valence-corrected chi connectivity index (χ0v) is 12.5. The molecule has 0 aromatic heterocycles. The number of aliphatic imine (C=N–C) groups is 1. The number of hydrogen-bond donors (Lipinski definition) is 3. The molecule has 0 bridgehead atoms. The molecule has 0 aromatic carbocycles. The van der Waals surface area contributed by atoms with Crippen LogP contribution < -0.4 is 16.8 Å². The van der Waals surface area contributed by atoms with E-state index in [2.05, 4.69) is 15.2 Å². The maximum absolute atomic E-state index is 12.3. The van der Waals surface area contributed by atoms with Gasteiger partial charge in [0.15, 0.2) is 11.7 Å². The lowest BCUT2D eigenvalue weighted by molar-refractivity contribution is -0.138. The van der Waals surface area contributed by atoms with Crippen LogP contribution in [0, 0.1) is 0 Å². The van der Waals surface area contributed by atoms with Crippen LogP contribution in [0.5, 0.6) is 0 Å². The number of hydrogen-bond acceptors (Lipinski definition) is 4. The molecule has 7 heteroatoms. The molecule has 1 heterocycles. The maximum Gasteiger partial charge on any atom is 0.237 e. The molecule has 2 rings (SSSR count). The number of guanidine groups is 1. The highest BCUT2D eigenvalue weighted by Crippen LogP contribution is 2.29. The molecule has 7 nitrogen and oxygen atoms in total. The highest BCUT2D eigenvalue weighted by atomic mass is 16.2. The average molecular weight is 295 g/mol. The van der Waals surface area contributed by atoms with Crippen LogP contribution in [0.25, 0.3) is 0 Å². The fourth-order valence-electron chi connectivity index (χ4n) is 2.94. The summed E-state index contributed by atoms with van der Waals surface area (Å²) in [6.07, 6.45) is 4.90. The summed E-state index contributed by atoms with van der Waals surface area (Å²) in [7, 11) is 0. The van der Waals surface area contributed by atoms with Crippen molar-refractivity contribution in [2.24, 2.45) is 16.5 Å². The van der Waals surface area contributed by atoms with E-state index in [0.29, 0.717) is 25.6 Å². The summed E-state index contributed by atoms with van der Waals surface area (Å²) in [5.74, 6) is 0.0558. The minimum atomic E-state index is -0.368. The second-order valence-electron chi connectivity index (χ2n) is 5.92. The second kappa shape index (κ2) is 6.89. The third kappa shape index (κ3) is 3.93. The topological polar surface area (TPSA) is 114 Å². The summed E-state index contributed by atoms with van der Waals surface area (Å²) in [6.45, 7) is 2.68. The van der Waals surface area contributed by atoms with E-state index in [0.717, 1.165) is 19.3 Å². The molecule has 21 heavy (non-hydrogen) atoms. The number of amides is 1. The number of nitrogens with two attached hydrogens (primary N) is 2. The third-order valence-electron chi connectivity index (χ3n) is 4.38. The predicted molar refractivity (Wildman–Crippen MR) is 80.7 cm³/mol. The van der Waals surface area contributed by atoms with E-state index < -0.39 is 0 Å². The van der Waals surface area contributed by atoms with E-state index >= 15 is 0 Å². The van der Waals surface area contributed by atoms with Crippen LogP contribution in [-0.2, 0) is 9.59 Å². The molecule has 1 aliphatic heterocycles. The van der Waals surface area contributed by atoms with Crippen LogP contribution in [0.4, 0.5) is 0 Å². The van der Waals surface area contributed by atoms with E-state index in [1.165, 1.54) is 13.3 Å². The van der Waals surface area contributed by atoms with Gasteiger partial charge in [0.05, 0.1) is 12.1 Å². The van der Waals surface area contributed by atoms with Crippen molar-refractivity contribution >= 4 is 17.6 Å². The van der Waals surface area contributed by atoms with E-state index in [-0.39, 0.29) is 29.7 Å². The van der Waals surface area contributed by atoms with Gasteiger partial charge in [-0.1, -0.05) is 6.42 Å². The first-order valence-corrected chi connectivity index (χ1v) is 7.61. The van der Waals surface area contributed by atoms with E-state index in [1.54, 1.807) is 0 Å². The van der Waals surface area contributed by atoms with Gasteiger partial charge in [-0.15, -0.1) is 0 Å². The lowest BCUT2D eigenvalue weighted by Crippen LogP contribution is -2.65. The molecular weight excluding hydrogens is 270 g/mol. The third-order valence-corrected chi connectivity index (χ3v) is 4.38. The van der Waals surface area contributed by atoms with Gasteiger partial charge in [0.2, 0.25) is 5.91 Å². The Bertz CT molecular complexity index is 429. The SMILES string of the molecule is CC(=O)[C@H]1CN(C2CCC2)[C@@H](CCCN=C(N)N)C(=O)N1. The number of carbonyl (C=O) groups is 2. The summed E-state index contributed by atoms with van der Waals surface area (Å²) in [6, 6.07) is -0.0989. The molecule has 0 aromatic rings. The van der Waals surface area contributed by atoms with E-state index in [9.17, 15) is 9.59 Å². The summed E-state index contributed by atoms with van der Waals surface area (Å²) >= 11 is 0. The van der Waals surface area contributed by atoms with Crippen molar-refractivity contribution in [2.75, 3.05) is 13.1 Å². The van der Waals surface area contributed by atoms with Gasteiger partial charge in [-0.3, -0.25) is 19.5 Å². The number of rotatable bonds is 6. The fraction of sp³-hybridized carbons (Fsp3) is 0.786. The Morgan fingerprint density at radius 3 is 2.67 bits per heavy atom. The second-order valence-corrected chi connectivity index (χ2v) is 5.92. The first kappa shape index (κ1) is 15.8. The van der Waals surface area contributed by atoms with E-state index in [1.807, 2.05) is 0 Å². The van der Waals surface area contributed by atoms with Crippen molar-refractivity contribution in [3.8, 4) is 0 Å². The Labute approximate surface area is 125 Å². The lowest BCUT2D eigenvalue weighted by Gasteiger charge is -2.46. The summed E-state index contributed by atoms with van der Waals surface area (Å²) < 4.78 is 0. The number of nitrogens with zero attached hydrogens (tertiary/aromatic N) is 2. The van der Waals surface area contributed by atoms with Crippen molar-refractivity contribution in [1.29, 1.82) is 0 Å². The van der Waals surface area contributed by atoms with Crippen molar-refractivity contribution in [3.05, 3.63) is 0 Å². The van der Waals surface area contributed by atoms with Crippen LogP contribution >= 0.6 is 0 Å². The summed E-state index contributed by atoms with van der Waals surface area (Å²) in [5, 5.41) is 2.83. The molecule has 1 saturated carbocycles. The van der Waals surface area contributed by atoms with Gasteiger partial charge in [-0.05, 0) is 32.6 Å². The van der Waals surface area contributed by atoms with Crippen molar-refractivity contribution < 1.29 is 9.59 Å². The molecule has 2 aliphatic rings. The smallest absolute Gasteiger partial charge is 0.237 e. The molecule has 1 aliphatic carbocycles. The Balaban J connectivity index is 1.97. The molecular formula is C14H25N5O2. The van der Waals surface area contributed by atoms with Crippen LogP contribution in [0.1, 0.15) is 39.0 Å². The number of piperazine rings is 1. The van der Waals surface area contributed by atoms with Crippen molar-refractivity contribution in [1.82, 2.24) is 10.2 Å². The van der Waals surface area contributed by atoms with Crippen LogP contribution in [0.3, 0.4) is 0 Å². The highest BCUT2D eigenvalue weighted by molar-refractivity contribution is 5.91. The van der Waals surface area contributed by atoms with Gasteiger partial charge >= 0.3 is 0 Å². The van der Waals surface area contributed by atoms with Gasteiger partial charge in [0.1, 0.15) is 0 Å². The maximum atomic E-state index is 12.3. The standard InChI is InChI=1S/C14H25N5O2/c1-9(20)11-8-19(10-4-2-5-10)12(13(21)18-11)6-3-7-17-14(15)16/h10-12H,2-8H2,1H3,(H,18,21)(H4,15,16,17)/t11-,12+/m1/s1. The number of nitrogens with one attached hydrogen (secondary N) is 1. The Morgan fingerprint density at radius 2 is 2.14 bits per heavy atom. The first-order chi connectivity index (χ1) is 9.99. The minimum Gasteiger partial charge on any atom is -0.370 e. The molecule has 1 saturated heterocycles. The predicted octanol–water partition coefficient (Wildman–Crippen LogP) is -0.649. The molecule has 5 N–H and O–H groups in total. The normalized spacial score (nSPS) is 26.8. The van der Waals surface area contributed by atoms with Gasteiger partial charge < -0.3 is 16.8 Å². The molecule has 0 radical (unpaired) electrons. The summed E-state index contributed by atoms with van der Waals surface area (Å²) in [4.78, 5) is 30.0. The number of carbonyl (C=O) groups excluding carboxylic acids is 2. The molecule has 0 spiro atoms. The highest BCUT2D eigenvalue weighted by Gasteiger charge is 2.40. The Kier molecular flexibility index (Phi) is 5.17.